The number of ether oxygens (including phenoxy) is 2. The van der Waals surface area contributed by atoms with Gasteiger partial charge in [0.05, 0.1) is 12.7 Å². The third-order valence-electron chi connectivity index (χ3n) is 7.38. The van der Waals surface area contributed by atoms with Crippen molar-refractivity contribution in [1.29, 1.82) is 0 Å². The molecule has 1 fully saturated rings. The summed E-state index contributed by atoms with van der Waals surface area (Å²) in [7, 11) is 0. The summed E-state index contributed by atoms with van der Waals surface area (Å²) in [6.07, 6.45) is 19.1. The Morgan fingerprint density at radius 3 is 2.06 bits per heavy atom. The molecule has 178 valence electrons. The molecule has 0 spiro atoms. The van der Waals surface area contributed by atoms with Crippen molar-refractivity contribution in [3.05, 3.63) is 24.3 Å². The third-order valence-corrected chi connectivity index (χ3v) is 7.38. The van der Waals surface area contributed by atoms with Gasteiger partial charge in [0.2, 0.25) is 0 Å². The van der Waals surface area contributed by atoms with E-state index in [2.05, 4.69) is 52.0 Å². The molecule has 2 rings (SSSR count). The molecule has 0 heterocycles. The Bertz CT molecular complexity index is 544. The Balaban J connectivity index is 1.54. The van der Waals surface area contributed by atoms with Crippen molar-refractivity contribution < 1.29 is 9.47 Å². The van der Waals surface area contributed by atoms with Crippen molar-refractivity contribution >= 4 is 0 Å². The summed E-state index contributed by atoms with van der Waals surface area (Å²) >= 11 is 0. The number of unbranched alkanes of at least 4 members (excludes halogenated alkanes) is 3. The molecule has 2 nitrogen and oxygen atoms in total. The predicted octanol–water partition coefficient (Wildman–Crippen LogP) is 9.22. The van der Waals surface area contributed by atoms with E-state index in [0.717, 1.165) is 42.3 Å². The van der Waals surface area contributed by atoms with Crippen molar-refractivity contribution in [2.45, 2.75) is 124 Å². The quantitative estimate of drug-likeness (QED) is 0.243. The average Bonchev–Trinajstić information content (AvgIpc) is 2.80. The van der Waals surface area contributed by atoms with Crippen LogP contribution in [0.1, 0.15) is 118 Å². The molecule has 1 aliphatic rings. The van der Waals surface area contributed by atoms with Gasteiger partial charge in [0.1, 0.15) is 11.5 Å². The van der Waals surface area contributed by atoms with E-state index in [1.54, 1.807) is 0 Å². The zero-order valence-corrected chi connectivity index (χ0v) is 21.0. The van der Waals surface area contributed by atoms with Gasteiger partial charge in [-0.3, -0.25) is 0 Å². The number of benzene rings is 1. The Kier molecular flexibility index (Phi) is 13.1. The van der Waals surface area contributed by atoms with Crippen LogP contribution in [0.3, 0.4) is 0 Å². The molecule has 31 heavy (non-hydrogen) atoms. The van der Waals surface area contributed by atoms with E-state index in [-0.39, 0.29) is 6.10 Å². The van der Waals surface area contributed by atoms with E-state index < -0.39 is 0 Å². The number of hydrogen-bond acceptors (Lipinski definition) is 2. The normalized spacial score (nSPS) is 20.9. The fraction of sp³-hybridized carbons (Fsp3) is 0.793. The minimum Gasteiger partial charge on any atom is -0.494 e. The van der Waals surface area contributed by atoms with Crippen molar-refractivity contribution in [2.75, 3.05) is 6.61 Å². The highest BCUT2D eigenvalue weighted by molar-refractivity contribution is 5.31. The van der Waals surface area contributed by atoms with Crippen LogP contribution in [0.2, 0.25) is 0 Å². The largest absolute Gasteiger partial charge is 0.494 e. The van der Waals surface area contributed by atoms with Crippen LogP contribution in [0.4, 0.5) is 0 Å². The highest BCUT2D eigenvalue weighted by Gasteiger charge is 2.21. The molecule has 0 N–H and O–H groups in total. The van der Waals surface area contributed by atoms with Crippen LogP contribution >= 0.6 is 0 Å². The average molecular weight is 431 g/mol. The Morgan fingerprint density at radius 2 is 1.42 bits per heavy atom. The molecule has 0 radical (unpaired) electrons. The van der Waals surface area contributed by atoms with Crippen LogP contribution in [-0.2, 0) is 0 Å². The molecule has 1 aliphatic carbocycles. The molecule has 2 heteroatoms. The molecule has 1 unspecified atom stereocenters. The molecule has 1 saturated carbocycles. The molecule has 0 saturated heterocycles. The van der Waals surface area contributed by atoms with Crippen LogP contribution in [0.15, 0.2) is 24.3 Å². The lowest BCUT2D eigenvalue weighted by molar-refractivity contribution is 0.205. The zero-order valence-electron chi connectivity index (χ0n) is 21.0. The Morgan fingerprint density at radius 1 is 0.774 bits per heavy atom. The lowest BCUT2D eigenvalue weighted by atomic mass is 9.77. The molecule has 1 aromatic rings. The second-order valence-corrected chi connectivity index (χ2v) is 10.2. The highest BCUT2D eigenvalue weighted by atomic mass is 16.5. The van der Waals surface area contributed by atoms with Crippen molar-refractivity contribution in [1.82, 2.24) is 0 Å². The molecule has 0 amide bonds. The van der Waals surface area contributed by atoms with Crippen molar-refractivity contribution in [2.24, 2.45) is 17.8 Å². The molecular weight excluding hydrogens is 380 g/mol. The van der Waals surface area contributed by atoms with Gasteiger partial charge in [-0.15, -0.1) is 0 Å². The van der Waals surface area contributed by atoms with Crippen molar-refractivity contribution in [3.8, 4) is 11.5 Å². The summed E-state index contributed by atoms with van der Waals surface area (Å²) < 4.78 is 12.0. The second kappa shape index (κ2) is 15.6. The molecule has 0 bridgehead atoms. The molecule has 0 aliphatic heterocycles. The van der Waals surface area contributed by atoms with Crippen LogP contribution < -0.4 is 9.47 Å². The lowest BCUT2D eigenvalue weighted by Crippen LogP contribution is -2.16. The standard InChI is InChI=1S/C29H50O2/c1-5-7-8-9-11-25(4)31-29-21-19-28(20-22-29)30-23-10-12-26-15-17-27(18-16-26)14-13-24(3)6-2/h19-22,24-27H,5-18,23H2,1-4H3/t24?,25-,26?,27?/m1/s1. The monoisotopic (exact) mass is 430 g/mol. The maximum absolute atomic E-state index is 6.04. The minimum absolute atomic E-state index is 0.286. The fourth-order valence-electron chi connectivity index (χ4n) is 4.86. The molecule has 1 aromatic carbocycles. The van der Waals surface area contributed by atoms with E-state index in [4.69, 9.17) is 9.47 Å². The van der Waals surface area contributed by atoms with Gasteiger partial charge < -0.3 is 9.47 Å². The van der Waals surface area contributed by atoms with Gasteiger partial charge >= 0.3 is 0 Å². The van der Waals surface area contributed by atoms with Gasteiger partial charge in [-0.2, -0.15) is 0 Å². The Labute approximate surface area is 193 Å². The first-order valence-corrected chi connectivity index (χ1v) is 13.5. The molecule has 0 aromatic heterocycles. The van der Waals surface area contributed by atoms with Gasteiger partial charge in [-0.25, -0.2) is 0 Å². The van der Waals surface area contributed by atoms with Gasteiger partial charge in [0, 0.05) is 0 Å². The SMILES string of the molecule is CCCCCC[C@@H](C)Oc1ccc(OCCCC2CCC(CCC(C)CC)CC2)cc1. The van der Waals surface area contributed by atoms with Crippen LogP contribution in [0, 0.1) is 17.8 Å². The summed E-state index contributed by atoms with van der Waals surface area (Å²) in [6.45, 7) is 9.99. The minimum atomic E-state index is 0.286. The Hall–Kier alpha value is -1.18. The van der Waals surface area contributed by atoms with Gasteiger partial charge in [-0.1, -0.05) is 85.0 Å². The summed E-state index contributed by atoms with van der Waals surface area (Å²) in [6, 6.07) is 8.22. The number of rotatable bonds is 16. The summed E-state index contributed by atoms with van der Waals surface area (Å²) in [5.41, 5.74) is 0. The van der Waals surface area contributed by atoms with E-state index in [9.17, 15) is 0 Å². The lowest BCUT2D eigenvalue weighted by Gasteiger charge is -2.29. The zero-order chi connectivity index (χ0) is 22.3. The summed E-state index contributed by atoms with van der Waals surface area (Å²) in [5.74, 6) is 4.77. The van der Waals surface area contributed by atoms with E-state index in [1.165, 1.54) is 83.5 Å². The highest BCUT2D eigenvalue weighted by Crippen LogP contribution is 2.34. The van der Waals surface area contributed by atoms with E-state index >= 15 is 0 Å². The fourth-order valence-corrected chi connectivity index (χ4v) is 4.86. The first-order chi connectivity index (χ1) is 15.1. The number of hydrogen-bond donors (Lipinski definition) is 0. The third kappa shape index (κ3) is 11.3. The maximum atomic E-state index is 6.04. The summed E-state index contributed by atoms with van der Waals surface area (Å²) in [4.78, 5) is 0. The van der Waals surface area contributed by atoms with E-state index in [0.29, 0.717) is 0 Å². The molecule has 2 atom stereocenters. The molecular formula is C29H50O2. The maximum Gasteiger partial charge on any atom is 0.119 e. The van der Waals surface area contributed by atoms with Gasteiger partial charge in [-0.05, 0) is 74.6 Å². The topological polar surface area (TPSA) is 18.5 Å². The second-order valence-electron chi connectivity index (χ2n) is 10.2. The first-order valence-electron chi connectivity index (χ1n) is 13.5. The van der Waals surface area contributed by atoms with Gasteiger partial charge in [0.25, 0.3) is 0 Å². The van der Waals surface area contributed by atoms with Gasteiger partial charge in [0.15, 0.2) is 0 Å². The van der Waals surface area contributed by atoms with Crippen molar-refractivity contribution in [3.63, 3.8) is 0 Å². The predicted molar refractivity (Wildman–Crippen MR) is 134 cm³/mol. The summed E-state index contributed by atoms with van der Waals surface area (Å²) in [5, 5.41) is 0. The smallest absolute Gasteiger partial charge is 0.119 e. The van der Waals surface area contributed by atoms with E-state index in [1.807, 2.05) is 0 Å². The van der Waals surface area contributed by atoms with Crippen LogP contribution in [-0.4, -0.2) is 12.7 Å². The van der Waals surface area contributed by atoms with Crippen LogP contribution in [0.5, 0.6) is 11.5 Å². The van der Waals surface area contributed by atoms with Crippen LogP contribution in [0.25, 0.3) is 0 Å². The first kappa shape index (κ1) is 26.1.